The maximum absolute atomic E-state index is 10.9. The molecule has 1 fully saturated rings. The van der Waals surface area contributed by atoms with Gasteiger partial charge in [-0.1, -0.05) is 42.8 Å². The average Bonchev–Trinajstić information content (AvgIpc) is 2.71. The van der Waals surface area contributed by atoms with Crippen LogP contribution in [0.15, 0.2) is 42.0 Å². The summed E-state index contributed by atoms with van der Waals surface area (Å²) >= 11 is 6.23. The second kappa shape index (κ2) is 8.43. The minimum Gasteiger partial charge on any atom is -0.394 e. The number of hydrogen-bond acceptors (Lipinski definition) is 8. The second-order valence-electron chi connectivity index (χ2n) is 7.48. The van der Waals surface area contributed by atoms with Crippen LogP contribution in [0, 0.1) is 5.92 Å². The van der Waals surface area contributed by atoms with Crippen molar-refractivity contribution in [3.05, 3.63) is 58.1 Å². The lowest BCUT2D eigenvalue weighted by molar-refractivity contribution is -0.357. The highest BCUT2D eigenvalue weighted by Crippen LogP contribution is 2.40. The van der Waals surface area contributed by atoms with Crippen LogP contribution in [0.2, 0.25) is 5.02 Å². The molecular formula is C20H25ClO8. The summed E-state index contributed by atoms with van der Waals surface area (Å²) in [4.78, 5) is 0. The minimum absolute atomic E-state index is 0.0266. The van der Waals surface area contributed by atoms with Crippen LogP contribution in [0.5, 0.6) is 0 Å². The zero-order valence-electron chi connectivity index (χ0n) is 15.6. The lowest BCUT2D eigenvalue weighted by Gasteiger charge is -2.45. The van der Waals surface area contributed by atoms with Gasteiger partial charge in [-0.15, -0.1) is 0 Å². The fourth-order valence-corrected chi connectivity index (χ4v) is 3.79. The highest BCUT2D eigenvalue weighted by atomic mass is 35.5. The van der Waals surface area contributed by atoms with Gasteiger partial charge in [0.2, 0.25) is 5.79 Å². The average molecular weight is 429 g/mol. The normalized spacial score (nSPS) is 38.6. The van der Waals surface area contributed by atoms with Crippen molar-refractivity contribution in [3.8, 4) is 0 Å². The van der Waals surface area contributed by atoms with Crippen LogP contribution < -0.4 is 0 Å². The molecule has 9 heteroatoms. The smallest absolute Gasteiger partial charge is 0.222 e. The number of hydrogen-bond donors (Lipinski definition) is 7. The van der Waals surface area contributed by atoms with Crippen LogP contribution in [-0.2, 0) is 10.5 Å². The predicted octanol–water partition coefficient (Wildman–Crippen LogP) is -0.515. The molecule has 1 aliphatic carbocycles. The van der Waals surface area contributed by atoms with Gasteiger partial charge in [-0.25, -0.2) is 0 Å². The number of aliphatic hydroxyl groups excluding tert-OH is 6. The first-order valence-corrected chi connectivity index (χ1v) is 9.59. The number of aliphatic hydroxyl groups is 7. The Balaban J connectivity index is 1.98. The number of rotatable bonds is 4. The first-order valence-electron chi connectivity index (χ1n) is 9.21. The summed E-state index contributed by atoms with van der Waals surface area (Å²) < 4.78 is 5.31. The van der Waals surface area contributed by atoms with E-state index in [1.165, 1.54) is 18.2 Å². The lowest BCUT2D eigenvalue weighted by atomic mass is 9.86. The Hall–Kier alpha value is -1.33. The Morgan fingerprint density at radius 2 is 1.86 bits per heavy atom. The third kappa shape index (κ3) is 4.00. The fourth-order valence-electron chi connectivity index (χ4n) is 3.57. The Morgan fingerprint density at radius 1 is 1.17 bits per heavy atom. The molecule has 1 aliphatic heterocycles. The van der Waals surface area contributed by atoms with E-state index in [9.17, 15) is 35.7 Å². The number of benzene rings is 1. The number of ether oxygens (including phenoxy) is 1. The zero-order chi connectivity index (χ0) is 21.5. The van der Waals surface area contributed by atoms with Crippen LogP contribution in [-0.4, -0.2) is 72.9 Å². The molecule has 0 amide bonds. The van der Waals surface area contributed by atoms with E-state index in [1.54, 1.807) is 25.2 Å². The molecule has 1 heterocycles. The summed E-state index contributed by atoms with van der Waals surface area (Å²) in [5, 5.41) is 71.4. The van der Waals surface area contributed by atoms with Crippen LogP contribution in [0.3, 0.4) is 0 Å². The van der Waals surface area contributed by atoms with Crippen molar-refractivity contribution in [3.63, 3.8) is 0 Å². The van der Waals surface area contributed by atoms with Crippen LogP contribution >= 0.6 is 11.6 Å². The van der Waals surface area contributed by atoms with Crippen molar-refractivity contribution >= 4 is 11.6 Å². The summed E-state index contributed by atoms with van der Waals surface area (Å²) in [6.07, 6.45) is -3.68. The van der Waals surface area contributed by atoms with E-state index in [0.29, 0.717) is 5.57 Å². The predicted molar refractivity (Wildman–Crippen MR) is 103 cm³/mol. The van der Waals surface area contributed by atoms with Gasteiger partial charge in [0.05, 0.1) is 12.7 Å². The summed E-state index contributed by atoms with van der Waals surface area (Å²) in [6.45, 7) is 1.09. The molecule has 3 rings (SSSR count). The van der Waals surface area contributed by atoms with Gasteiger partial charge in [0.15, 0.2) is 0 Å². The molecule has 0 radical (unpaired) electrons. The van der Waals surface area contributed by atoms with Crippen LogP contribution in [0.1, 0.15) is 24.2 Å². The van der Waals surface area contributed by atoms with Crippen molar-refractivity contribution in [1.82, 2.24) is 0 Å². The quantitative estimate of drug-likeness (QED) is 0.338. The monoisotopic (exact) mass is 428 g/mol. The van der Waals surface area contributed by atoms with Gasteiger partial charge in [0.25, 0.3) is 0 Å². The Morgan fingerprint density at radius 3 is 2.48 bits per heavy atom. The summed E-state index contributed by atoms with van der Waals surface area (Å²) in [6, 6.07) is 4.05. The first kappa shape index (κ1) is 22.4. The molecule has 8 atom stereocenters. The van der Waals surface area contributed by atoms with E-state index in [0.717, 1.165) is 0 Å². The summed E-state index contributed by atoms with van der Waals surface area (Å²) in [5.41, 5.74) is 0.665. The van der Waals surface area contributed by atoms with Crippen LogP contribution in [0.25, 0.3) is 0 Å². The van der Waals surface area contributed by atoms with Gasteiger partial charge < -0.3 is 40.5 Å². The van der Waals surface area contributed by atoms with Gasteiger partial charge >= 0.3 is 0 Å². The van der Waals surface area contributed by atoms with Gasteiger partial charge in [0, 0.05) is 22.1 Å². The van der Waals surface area contributed by atoms with Crippen LogP contribution in [0.4, 0.5) is 0 Å². The molecule has 8 nitrogen and oxygen atoms in total. The molecule has 29 heavy (non-hydrogen) atoms. The second-order valence-corrected chi connectivity index (χ2v) is 7.88. The third-order valence-electron chi connectivity index (χ3n) is 5.47. The molecular weight excluding hydrogens is 404 g/mol. The molecule has 1 saturated heterocycles. The molecule has 0 aromatic heterocycles. The van der Waals surface area contributed by atoms with Crippen molar-refractivity contribution in [1.29, 1.82) is 0 Å². The van der Waals surface area contributed by atoms with E-state index in [-0.39, 0.29) is 22.1 Å². The fraction of sp³-hybridized carbons (Fsp3) is 0.500. The van der Waals surface area contributed by atoms with Gasteiger partial charge in [-0.05, 0) is 17.7 Å². The van der Waals surface area contributed by atoms with E-state index < -0.39 is 49.0 Å². The minimum atomic E-state index is -2.45. The van der Waals surface area contributed by atoms with Crippen molar-refractivity contribution in [2.45, 2.75) is 49.3 Å². The largest absolute Gasteiger partial charge is 0.394 e. The number of halogens is 1. The van der Waals surface area contributed by atoms with Crippen molar-refractivity contribution in [2.75, 3.05) is 6.61 Å². The molecule has 1 aromatic carbocycles. The molecule has 7 N–H and O–H groups in total. The molecule has 160 valence electrons. The van der Waals surface area contributed by atoms with Crippen molar-refractivity contribution < 1.29 is 40.5 Å². The highest BCUT2D eigenvalue weighted by Gasteiger charge is 2.53. The van der Waals surface area contributed by atoms with E-state index in [1.807, 2.05) is 0 Å². The SMILES string of the molecule is CC1C=C(C(O)c2cc([C@]3(O)O[C@H](CO)[C@@H](O)[C@H](O)C3O)ccc2Cl)C=CC1O. The molecule has 2 aliphatic rings. The zero-order valence-corrected chi connectivity index (χ0v) is 16.4. The first-order chi connectivity index (χ1) is 13.6. The topological polar surface area (TPSA) is 151 Å². The third-order valence-corrected chi connectivity index (χ3v) is 5.81. The van der Waals surface area contributed by atoms with E-state index in [2.05, 4.69) is 0 Å². The van der Waals surface area contributed by atoms with Gasteiger partial charge in [-0.3, -0.25) is 0 Å². The highest BCUT2D eigenvalue weighted by molar-refractivity contribution is 6.31. The molecule has 0 bridgehead atoms. The molecule has 0 saturated carbocycles. The molecule has 1 aromatic rings. The van der Waals surface area contributed by atoms with Gasteiger partial charge in [-0.2, -0.15) is 0 Å². The Kier molecular flexibility index (Phi) is 6.50. The maximum Gasteiger partial charge on any atom is 0.222 e. The Labute approximate surface area is 172 Å². The summed E-state index contributed by atoms with van der Waals surface area (Å²) in [5.74, 6) is -2.67. The van der Waals surface area contributed by atoms with Crippen molar-refractivity contribution in [2.24, 2.45) is 5.92 Å². The molecule has 0 spiro atoms. The lowest BCUT2D eigenvalue weighted by Crippen LogP contribution is -2.63. The van der Waals surface area contributed by atoms with E-state index in [4.69, 9.17) is 16.3 Å². The van der Waals surface area contributed by atoms with Gasteiger partial charge in [0.1, 0.15) is 30.5 Å². The van der Waals surface area contributed by atoms with E-state index >= 15 is 0 Å². The summed E-state index contributed by atoms with van der Waals surface area (Å²) in [7, 11) is 0. The molecule has 4 unspecified atom stereocenters. The maximum atomic E-state index is 10.9. The standard InChI is InChI=1S/C20H25ClO8/c1-9-6-10(2-5-14(9)23)16(24)12-7-11(3-4-13(12)21)20(28)19(27)18(26)17(25)15(8-22)29-20/h2-7,9,14-19,22-28H,8H2,1H3/t9?,14?,15-,16?,17-,18+,19?,20+/m1/s1. The Bertz CT molecular complexity index is 810.